The third kappa shape index (κ3) is 5.15. The van der Waals surface area contributed by atoms with Crippen LogP contribution in [0.3, 0.4) is 0 Å². The summed E-state index contributed by atoms with van der Waals surface area (Å²) in [7, 11) is 0. The number of hydrazone groups is 1. The summed E-state index contributed by atoms with van der Waals surface area (Å²) in [5.41, 5.74) is 11.2. The van der Waals surface area contributed by atoms with Gasteiger partial charge in [0.2, 0.25) is 0 Å². The second-order valence-electron chi connectivity index (χ2n) is 9.32. The summed E-state index contributed by atoms with van der Waals surface area (Å²) in [6.07, 6.45) is 1.62. The Morgan fingerprint density at radius 2 is 1.36 bits per heavy atom. The van der Waals surface area contributed by atoms with E-state index in [2.05, 4.69) is 46.3 Å². The van der Waals surface area contributed by atoms with E-state index < -0.39 is 5.97 Å². The number of carbonyl (C=O) groups excluding carboxylic acids is 1. The predicted molar refractivity (Wildman–Crippen MR) is 153 cm³/mol. The number of rotatable bonds is 7. The van der Waals surface area contributed by atoms with Crippen molar-refractivity contribution in [2.24, 2.45) is 5.10 Å². The summed E-state index contributed by atoms with van der Waals surface area (Å²) in [6.45, 7) is 5.97. The molecule has 0 radical (unpaired) electrons. The number of carboxylic acids is 1. The Morgan fingerprint density at radius 1 is 0.744 bits per heavy atom. The van der Waals surface area contributed by atoms with Gasteiger partial charge in [-0.05, 0) is 93.1 Å². The molecule has 1 amide bonds. The molecule has 0 saturated carbocycles. The number of hydrogen-bond acceptors (Lipinski definition) is 3. The van der Waals surface area contributed by atoms with Crippen molar-refractivity contribution >= 4 is 18.1 Å². The molecule has 39 heavy (non-hydrogen) atoms. The summed E-state index contributed by atoms with van der Waals surface area (Å²) < 4.78 is 4.18. The van der Waals surface area contributed by atoms with Crippen LogP contribution >= 0.6 is 0 Å². The zero-order chi connectivity index (χ0) is 27.5. The third-order valence-corrected chi connectivity index (χ3v) is 6.75. The maximum atomic E-state index is 12.8. The van der Waals surface area contributed by atoms with Crippen LogP contribution in [0.2, 0.25) is 0 Å². The largest absolute Gasteiger partial charge is 0.478 e. The minimum atomic E-state index is -0.961. The Balaban J connectivity index is 1.30. The van der Waals surface area contributed by atoms with Crippen LogP contribution in [0.4, 0.5) is 0 Å². The van der Waals surface area contributed by atoms with E-state index in [0.717, 1.165) is 45.3 Å². The maximum absolute atomic E-state index is 12.8. The molecule has 3 aromatic carbocycles. The molecule has 0 atom stereocenters. The van der Waals surface area contributed by atoms with Gasteiger partial charge in [-0.3, -0.25) is 4.79 Å². The summed E-state index contributed by atoms with van der Waals surface area (Å²) in [4.78, 5) is 23.9. The van der Waals surface area contributed by atoms with Crippen molar-refractivity contribution in [3.8, 4) is 22.6 Å². The molecule has 0 saturated heterocycles. The molecule has 5 rings (SSSR count). The molecule has 2 aromatic heterocycles. The van der Waals surface area contributed by atoms with Gasteiger partial charge in [-0.1, -0.05) is 30.3 Å². The first kappa shape index (κ1) is 25.5. The van der Waals surface area contributed by atoms with Crippen molar-refractivity contribution in [1.82, 2.24) is 14.6 Å². The fourth-order valence-corrected chi connectivity index (χ4v) is 4.77. The molecule has 0 aliphatic heterocycles. The van der Waals surface area contributed by atoms with Gasteiger partial charge >= 0.3 is 5.97 Å². The molecular formula is C32H28N4O3. The first-order chi connectivity index (χ1) is 18.8. The highest BCUT2D eigenvalue weighted by Crippen LogP contribution is 2.26. The van der Waals surface area contributed by atoms with E-state index in [4.69, 9.17) is 5.11 Å². The average Bonchev–Trinajstić information content (AvgIpc) is 3.47. The van der Waals surface area contributed by atoms with Crippen molar-refractivity contribution in [2.75, 3.05) is 0 Å². The highest BCUT2D eigenvalue weighted by Gasteiger charge is 2.12. The fourth-order valence-electron chi connectivity index (χ4n) is 4.77. The maximum Gasteiger partial charge on any atom is 0.335 e. The lowest BCUT2D eigenvalue weighted by Crippen LogP contribution is -2.17. The number of benzene rings is 3. The van der Waals surface area contributed by atoms with Crippen molar-refractivity contribution < 1.29 is 14.7 Å². The summed E-state index contributed by atoms with van der Waals surface area (Å²) in [5, 5.41) is 13.3. The molecular weight excluding hydrogens is 488 g/mol. The highest BCUT2D eigenvalue weighted by molar-refractivity contribution is 5.95. The van der Waals surface area contributed by atoms with E-state index in [9.17, 15) is 9.59 Å². The number of amides is 1. The van der Waals surface area contributed by atoms with E-state index in [1.165, 1.54) is 0 Å². The Morgan fingerprint density at radius 3 is 2.00 bits per heavy atom. The van der Waals surface area contributed by atoms with E-state index in [1.807, 2.05) is 54.8 Å². The molecule has 7 nitrogen and oxygen atoms in total. The van der Waals surface area contributed by atoms with Crippen molar-refractivity contribution in [1.29, 1.82) is 0 Å². The van der Waals surface area contributed by atoms with Gasteiger partial charge in [0.05, 0.1) is 17.5 Å². The van der Waals surface area contributed by atoms with Gasteiger partial charge in [-0.25, -0.2) is 10.2 Å². The highest BCUT2D eigenvalue weighted by atomic mass is 16.4. The Hall–Kier alpha value is -5.17. The topological polar surface area (TPSA) is 88.6 Å². The second kappa shape index (κ2) is 10.7. The number of nitrogens with one attached hydrogen (secondary N) is 1. The van der Waals surface area contributed by atoms with Gasteiger partial charge in [-0.2, -0.15) is 5.10 Å². The zero-order valence-electron chi connectivity index (χ0n) is 21.9. The Labute approximate surface area is 226 Å². The number of carbonyl (C=O) groups is 2. The second-order valence-corrected chi connectivity index (χ2v) is 9.32. The number of carboxylic acid groups (broad SMARTS) is 1. The molecule has 2 N–H and O–H groups in total. The molecule has 0 fully saturated rings. The summed E-state index contributed by atoms with van der Waals surface area (Å²) in [5.74, 6) is -1.26. The van der Waals surface area contributed by atoms with Crippen LogP contribution in [0.25, 0.3) is 22.6 Å². The van der Waals surface area contributed by atoms with E-state index in [-0.39, 0.29) is 11.5 Å². The molecule has 194 valence electrons. The van der Waals surface area contributed by atoms with E-state index in [1.54, 1.807) is 42.6 Å². The van der Waals surface area contributed by atoms with Crippen LogP contribution in [0, 0.1) is 20.8 Å². The third-order valence-electron chi connectivity index (χ3n) is 6.75. The smallest absolute Gasteiger partial charge is 0.335 e. The molecule has 5 aromatic rings. The van der Waals surface area contributed by atoms with Gasteiger partial charge in [0, 0.05) is 39.6 Å². The quantitative estimate of drug-likeness (QED) is 0.196. The normalized spacial score (nSPS) is 11.2. The van der Waals surface area contributed by atoms with Crippen LogP contribution in [-0.4, -0.2) is 32.3 Å². The van der Waals surface area contributed by atoms with Gasteiger partial charge < -0.3 is 14.2 Å². The van der Waals surface area contributed by atoms with E-state index in [0.29, 0.717) is 5.56 Å². The molecule has 0 spiro atoms. The SMILES string of the molecule is Cc1ccc(-c2ccccc2)n1-c1ccc(C(=O)N/N=C/c2cc(C)n(-c3ccc(C(=O)O)cc3)c2C)cc1. The number of aryl methyl sites for hydroxylation is 2. The number of aromatic carboxylic acids is 1. The zero-order valence-corrected chi connectivity index (χ0v) is 21.9. The van der Waals surface area contributed by atoms with Gasteiger partial charge in [0.25, 0.3) is 5.91 Å². The van der Waals surface area contributed by atoms with Crippen LogP contribution in [0.1, 0.15) is 43.4 Å². The average molecular weight is 517 g/mol. The summed E-state index contributed by atoms with van der Waals surface area (Å²) >= 11 is 0. The van der Waals surface area contributed by atoms with Crippen molar-refractivity contribution in [2.45, 2.75) is 20.8 Å². The molecule has 2 heterocycles. The first-order valence-electron chi connectivity index (χ1n) is 12.5. The lowest BCUT2D eigenvalue weighted by atomic mass is 10.1. The van der Waals surface area contributed by atoms with E-state index >= 15 is 0 Å². The van der Waals surface area contributed by atoms with Gasteiger partial charge in [0.1, 0.15) is 0 Å². The molecule has 7 heteroatoms. The van der Waals surface area contributed by atoms with Crippen LogP contribution in [0.5, 0.6) is 0 Å². The lowest BCUT2D eigenvalue weighted by Gasteiger charge is -2.12. The molecule has 0 aliphatic rings. The van der Waals surface area contributed by atoms with Crippen LogP contribution in [-0.2, 0) is 0 Å². The number of hydrogen-bond donors (Lipinski definition) is 2. The lowest BCUT2D eigenvalue weighted by molar-refractivity contribution is 0.0696. The minimum absolute atomic E-state index is 0.235. The summed E-state index contributed by atoms with van der Waals surface area (Å²) in [6, 6.07) is 30.5. The van der Waals surface area contributed by atoms with Crippen LogP contribution in [0.15, 0.2) is 102 Å². The predicted octanol–water partition coefficient (Wildman–Crippen LogP) is 6.32. The monoisotopic (exact) mass is 516 g/mol. The molecule has 0 unspecified atom stereocenters. The fraction of sp³-hybridized carbons (Fsp3) is 0.0938. The van der Waals surface area contributed by atoms with Gasteiger partial charge in [0.15, 0.2) is 0 Å². The Bertz CT molecular complexity index is 1680. The first-order valence-corrected chi connectivity index (χ1v) is 12.5. The molecule has 0 aliphatic carbocycles. The Kier molecular flexibility index (Phi) is 6.97. The molecule has 0 bridgehead atoms. The van der Waals surface area contributed by atoms with Gasteiger partial charge in [-0.15, -0.1) is 0 Å². The van der Waals surface area contributed by atoms with Crippen LogP contribution < -0.4 is 5.43 Å². The number of aromatic nitrogens is 2. The standard InChI is InChI=1S/C32H28N4O3/c1-21-9-18-30(24-7-5-4-6-8-24)36(21)29-14-10-25(11-15-29)31(37)34-33-20-27-19-22(2)35(23(27)3)28-16-12-26(13-17-28)32(38)39/h4-20H,1-3H3,(H,34,37)(H,38,39)/b33-20+. The number of nitrogens with zero attached hydrogens (tertiary/aromatic N) is 3. The minimum Gasteiger partial charge on any atom is -0.478 e. The van der Waals surface area contributed by atoms with Crippen molar-refractivity contribution in [3.05, 3.63) is 131 Å². The van der Waals surface area contributed by atoms with Crippen molar-refractivity contribution in [3.63, 3.8) is 0 Å².